The van der Waals surface area contributed by atoms with Crippen LogP contribution in [-0.2, 0) is 0 Å². The second-order valence-corrected chi connectivity index (χ2v) is 6.54. The van der Waals surface area contributed by atoms with Crippen molar-refractivity contribution in [3.63, 3.8) is 0 Å². The molecule has 6 nitrogen and oxygen atoms in total. The smallest absolute Gasteiger partial charge is 0.274 e. The van der Waals surface area contributed by atoms with E-state index in [2.05, 4.69) is 25.5 Å². The fourth-order valence-electron chi connectivity index (χ4n) is 2.32. The summed E-state index contributed by atoms with van der Waals surface area (Å²) in [6.07, 6.45) is 0.985. The first kappa shape index (κ1) is 19.1. The molecule has 0 spiro atoms. The summed E-state index contributed by atoms with van der Waals surface area (Å²) < 4.78 is 0. The molecule has 0 bridgehead atoms. The highest BCUT2D eigenvalue weighted by Gasteiger charge is 2.12. The Labute approximate surface area is 153 Å². The van der Waals surface area contributed by atoms with E-state index in [4.69, 9.17) is 11.6 Å². The highest BCUT2D eigenvalue weighted by Crippen LogP contribution is 2.23. The van der Waals surface area contributed by atoms with Gasteiger partial charge in [0.25, 0.3) is 5.91 Å². The van der Waals surface area contributed by atoms with Crippen LogP contribution in [0.15, 0.2) is 24.3 Å². The van der Waals surface area contributed by atoms with Crippen LogP contribution in [0.25, 0.3) is 0 Å². The zero-order chi connectivity index (χ0) is 18.4. The number of carbonyl (C=O) groups is 1. The molecule has 0 radical (unpaired) electrons. The average molecular weight is 362 g/mol. The monoisotopic (exact) mass is 361 g/mol. The highest BCUT2D eigenvalue weighted by atomic mass is 35.5. The molecule has 0 fully saturated rings. The molecule has 0 saturated carbocycles. The van der Waals surface area contributed by atoms with Crippen LogP contribution in [0.5, 0.6) is 0 Å². The first-order valence-electron chi connectivity index (χ1n) is 8.17. The standard InChI is InChI=1S/C18H24ClN5O/c1-12-14(19)7-5-8-15(12)23-18(25)16-11-17(22-13(2)21-16)20-9-6-10-24(3)4/h5,7-8,11H,6,9-10H2,1-4H3,(H,23,25)(H,20,21,22). The first-order valence-corrected chi connectivity index (χ1v) is 8.55. The first-order chi connectivity index (χ1) is 11.9. The largest absolute Gasteiger partial charge is 0.370 e. The summed E-state index contributed by atoms with van der Waals surface area (Å²) in [6, 6.07) is 7.07. The maximum absolute atomic E-state index is 12.5. The number of hydrogen-bond donors (Lipinski definition) is 2. The maximum Gasteiger partial charge on any atom is 0.274 e. The van der Waals surface area contributed by atoms with Crippen LogP contribution in [0.4, 0.5) is 11.5 Å². The number of benzene rings is 1. The third kappa shape index (κ3) is 5.69. The van der Waals surface area contributed by atoms with Crippen molar-refractivity contribution in [3.05, 3.63) is 46.4 Å². The van der Waals surface area contributed by atoms with E-state index in [-0.39, 0.29) is 5.91 Å². The minimum atomic E-state index is -0.285. The van der Waals surface area contributed by atoms with E-state index in [1.165, 1.54) is 0 Å². The molecule has 0 atom stereocenters. The van der Waals surface area contributed by atoms with E-state index in [0.717, 1.165) is 25.1 Å². The van der Waals surface area contributed by atoms with Gasteiger partial charge in [0.2, 0.25) is 0 Å². The van der Waals surface area contributed by atoms with E-state index < -0.39 is 0 Å². The molecule has 1 aromatic heterocycles. The van der Waals surface area contributed by atoms with Gasteiger partial charge in [-0.3, -0.25) is 4.79 Å². The number of nitrogens with zero attached hydrogens (tertiary/aromatic N) is 3. The predicted octanol–water partition coefficient (Wildman–Crippen LogP) is 3.36. The summed E-state index contributed by atoms with van der Waals surface area (Å²) in [5.41, 5.74) is 1.82. The van der Waals surface area contributed by atoms with E-state index in [0.29, 0.717) is 28.0 Å². The Morgan fingerprint density at radius 1 is 1.24 bits per heavy atom. The lowest BCUT2D eigenvalue weighted by Gasteiger charge is -2.12. The molecule has 0 saturated heterocycles. The Kier molecular flexibility index (Phi) is 6.73. The van der Waals surface area contributed by atoms with Crippen LogP contribution < -0.4 is 10.6 Å². The SMILES string of the molecule is Cc1nc(NCCCN(C)C)cc(C(=O)Nc2cccc(Cl)c2C)n1. The van der Waals surface area contributed by atoms with Crippen LogP contribution in [0.2, 0.25) is 5.02 Å². The molecule has 1 heterocycles. The third-order valence-corrected chi connectivity index (χ3v) is 4.08. The van der Waals surface area contributed by atoms with Crippen LogP contribution in [-0.4, -0.2) is 48.0 Å². The third-order valence-electron chi connectivity index (χ3n) is 3.67. The Hall–Kier alpha value is -2.18. The summed E-state index contributed by atoms with van der Waals surface area (Å²) >= 11 is 6.10. The summed E-state index contributed by atoms with van der Waals surface area (Å²) in [5.74, 6) is 0.914. The summed E-state index contributed by atoms with van der Waals surface area (Å²) in [4.78, 5) is 23.2. The number of halogens is 1. The molecule has 25 heavy (non-hydrogen) atoms. The number of anilines is 2. The molecular weight excluding hydrogens is 338 g/mol. The lowest BCUT2D eigenvalue weighted by Crippen LogP contribution is -2.18. The predicted molar refractivity (Wildman–Crippen MR) is 103 cm³/mol. The second-order valence-electron chi connectivity index (χ2n) is 6.14. The van der Waals surface area contributed by atoms with Gasteiger partial charge in [0.05, 0.1) is 0 Å². The number of aryl methyl sites for hydroxylation is 1. The summed E-state index contributed by atoms with van der Waals surface area (Å²) in [5, 5.41) is 6.71. The van der Waals surface area contributed by atoms with Crippen molar-refractivity contribution in [1.82, 2.24) is 14.9 Å². The molecule has 0 aliphatic carbocycles. The van der Waals surface area contributed by atoms with Gasteiger partial charge in [-0.15, -0.1) is 0 Å². The molecule has 2 rings (SSSR count). The van der Waals surface area contributed by atoms with Gasteiger partial charge in [0.1, 0.15) is 17.3 Å². The lowest BCUT2D eigenvalue weighted by molar-refractivity contribution is 0.102. The van der Waals surface area contributed by atoms with E-state index >= 15 is 0 Å². The Morgan fingerprint density at radius 3 is 2.72 bits per heavy atom. The molecule has 1 aromatic carbocycles. The van der Waals surface area contributed by atoms with Crippen LogP contribution in [0.3, 0.4) is 0 Å². The molecule has 0 aliphatic rings. The zero-order valence-corrected chi connectivity index (χ0v) is 15.8. The number of aromatic nitrogens is 2. The normalized spacial score (nSPS) is 10.8. The summed E-state index contributed by atoms with van der Waals surface area (Å²) in [6.45, 7) is 5.40. The van der Waals surface area contributed by atoms with E-state index in [1.807, 2.05) is 27.1 Å². The van der Waals surface area contributed by atoms with Gasteiger partial charge in [0.15, 0.2) is 0 Å². The van der Waals surface area contributed by atoms with Crippen molar-refractivity contribution in [2.24, 2.45) is 0 Å². The van der Waals surface area contributed by atoms with E-state index in [9.17, 15) is 4.79 Å². The topological polar surface area (TPSA) is 70.2 Å². The maximum atomic E-state index is 12.5. The molecule has 2 N–H and O–H groups in total. The van der Waals surface area contributed by atoms with Crippen molar-refractivity contribution in [2.75, 3.05) is 37.8 Å². The van der Waals surface area contributed by atoms with Gasteiger partial charge in [0, 0.05) is 23.3 Å². The van der Waals surface area contributed by atoms with Crippen LogP contribution in [0.1, 0.15) is 28.3 Å². The van der Waals surface area contributed by atoms with Gasteiger partial charge in [-0.2, -0.15) is 0 Å². The second kappa shape index (κ2) is 8.78. The van der Waals surface area contributed by atoms with Gasteiger partial charge in [-0.1, -0.05) is 17.7 Å². The molecule has 2 aromatic rings. The number of carbonyl (C=O) groups excluding carboxylic acids is 1. The molecule has 7 heteroatoms. The Balaban J connectivity index is 2.07. The Bertz CT molecular complexity index is 748. The van der Waals surface area contributed by atoms with Crippen molar-refractivity contribution < 1.29 is 4.79 Å². The van der Waals surface area contributed by atoms with Gasteiger partial charge in [-0.25, -0.2) is 9.97 Å². The molecule has 0 unspecified atom stereocenters. The summed E-state index contributed by atoms with van der Waals surface area (Å²) in [7, 11) is 4.07. The lowest BCUT2D eigenvalue weighted by atomic mass is 10.2. The Morgan fingerprint density at radius 2 is 2.00 bits per heavy atom. The van der Waals surface area contributed by atoms with Gasteiger partial charge >= 0.3 is 0 Å². The molecule has 134 valence electrons. The number of amides is 1. The van der Waals surface area contributed by atoms with Crippen LogP contribution in [0, 0.1) is 13.8 Å². The number of hydrogen-bond acceptors (Lipinski definition) is 5. The van der Waals surface area contributed by atoms with Crippen molar-refractivity contribution in [1.29, 1.82) is 0 Å². The van der Waals surface area contributed by atoms with Gasteiger partial charge < -0.3 is 15.5 Å². The minimum Gasteiger partial charge on any atom is -0.370 e. The molecule has 0 aliphatic heterocycles. The fraction of sp³-hybridized carbons (Fsp3) is 0.389. The zero-order valence-electron chi connectivity index (χ0n) is 15.1. The van der Waals surface area contributed by atoms with Crippen molar-refractivity contribution in [2.45, 2.75) is 20.3 Å². The number of rotatable bonds is 7. The van der Waals surface area contributed by atoms with Crippen molar-refractivity contribution >= 4 is 29.0 Å². The van der Waals surface area contributed by atoms with Crippen LogP contribution >= 0.6 is 11.6 Å². The minimum absolute atomic E-state index is 0.285. The molecule has 1 amide bonds. The van der Waals surface area contributed by atoms with Gasteiger partial charge in [-0.05, 0) is 58.6 Å². The van der Waals surface area contributed by atoms with Crippen molar-refractivity contribution in [3.8, 4) is 0 Å². The number of nitrogens with one attached hydrogen (secondary N) is 2. The quantitative estimate of drug-likeness (QED) is 0.740. The fourth-order valence-corrected chi connectivity index (χ4v) is 2.49. The highest BCUT2D eigenvalue weighted by molar-refractivity contribution is 6.31. The van der Waals surface area contributed by atoms with E-state index in [1.54, 1.807) is 25.1 Å². The molecular formula is C18H24ClN5O. The average Bonchev–Trinajstić information content (AvgIpc) is 2.55.